The molecule has 2 heterocycles. The van der Waals surface area contributed by atoms with Gasteiger partial charge in [-0.15, -0.1) is 0 Å². The second kappa shape index (κ2) is 7.47. The van der Waals surface area contributed by atoms with Crippen molar-refractivity contribution in [1.82, 2.24) is 20.0 Å². The largest absolute Gasteiger partial charge is 0.331 e. The minimum Gasteiger partial charge on any atom is -0.331 e. The molecule has 2 fully saturated rings. The maximum atomic E-state index is 13.5. The van der Waals surface area contributed by atoms with Gasteiger partial charge in [0.05, 0.1) is 17.3 Å². The van der Waals surface area contributed by atoms with Crippen LogP contribution in [0, 0.1) is 6.92 Å². The molecule has 1 aromatic carbocycles. The van der Waals surface area contributed by atoms with Crippen LogP contribution in [0.25, 0.3) is 0 Å². The first kappa shape index (κ1) is 18.2. The molecule has 4 rings (SSSR count). The number of rotatable bonds is 5. The van der Waals surface area contributed by atoms with Gasteiger partial charge in [0.2, 0.25) is 0 Å². The van der Waals surface area contributed by atoms with E-state index < -0.39 is 0 Å². The van der Waals surface area contributed by atoms with Gasteiger partial charge in [0.1, 0.15) is 0 Å². The molecule has 27 heavy (non-hydrogen) atoms. The summed E-state index contributed by atoms with van der Waals surface area (Å²) in [4.78, 5) is 17.8. The number of carbonyl (C=O) groups is 1. The highest BCUT2D eigenvalue weighted by Gasteiger charge is 2.36. The number of aromatic nitrogens is 2. The first-order chi connectivity index (χ1) is 13.0. The Labute approximate surface area is 161 Å². The Morgan fingerprint density at radius 2 is 1.93 bits per heavy atom. The van der Waals surface area contributed by atoms with Crippen molar-refractivity contribution in [2.24, 2.45) is 0 Å². The Kier molecular flexibility index (Phi) is 5.04. The number of aromatic amines is 1. The molecule has 1 atom stereocenters. The zero-order valence-corrected chi connectivity index (χ0v) is 16.7. The number of likely N-dealkylation sites (tertiary alicyclic amines) is 1. The van der Waals surface area contributed by atoms with Gasteiger partial charge in [-0.05, 0) is 64.3 Å². The third-order valence-electron chi connectivity index (χ3n) is 5.78. The number of hydrogen-bond donors (Lipinski definition) is 1. The third-order valence-corrected chi connectivity index (χ3v) is 5.78. The molecule has 2 aromatic rings. The highest BCUT2D eigenvalue weighted by atomic mass is 16.2. The van der Waals surface area contributed by atoms with Crippen molar-refractivity contribution >= 4 is 5.91 Å². The molecule has 144 valence electrons. The molecule has 1 saturated heterocycles. The van der Waals surface area contributed by atoms with Gasteiger partial charge in [0.15, 0.2) is 0 Å². The van der Waals surface area contributed by atoms with Crippen molar-refractivity contribution in [2.45, 2.75) is 57.5 Å². The second-order valence-corrected chi connectivity index (χ2v) is 8.37. The summed E-state index contributed by atoms with van der Waals surface area (Å²) in [6, 6.07) is 8.98. The molecule has 0 radical (unpaired) electrons. The topological polar surface area (TPSA) is 52.2 Å². The summed E-state index contributed by atoms with van der Waals surface area (Å²) in [6.07, 6.45) is 5.60. The van der Waals surface area contributed by atoms with Gasteiger partial charge in [-0.2, -0.15) is 5.10 Å². The number of aryl methyl sites for hydroxylation is 1. The van der Waals surface area contributed by atoms with Crippen molar-refractivity contribution in [3.8, 4) is 0 Å². The van der Waals surface area contributed by atoms with Crippen LogP contribution in [0.3, 0.4) is 0 Å². The fourth-order valence-corrected chi connectivity index (χ4v) is 4.25. The summed E-state index contributed by atoms with van der Waals surface area (Å²) in [5, 5.41) is 7.51. The fourth-order valence-electron chi connectivity index (χ4n) is 4.25. The van der Waals surface area contributed by atoms with Crippen molar-refractivity contribution in [1.29, 1.82) is 0 Å². The Balaban J connectivity index is 1.59. The van der Waals surface area contributed by atoms with E-state index in [4.69, 9.17) is 0 Å². The summed E-state index contributed by atoms with van der Waals surface area (Å²) in [5.41, 5.74) is 5.28. The van der Waals surface area contributed by atoms with E-state index in [1.165, 1.54) is 17.5 Å². The van der Waals surface area contributed by atoms with Gasteiger partial charge in [-0.3, -0.25) is 9.89 Å². The minimum absolute atomic E-state index is 0.158. The SMILES string of the molecule is Cc1[nH]nc(C2CC2)c1C(=O)N1CCCC[C@@H]1c1ccc(CN(C)C)cc1. The molecule has 1 N–H and O–H groups in total. The van der Waals surface area contributed by atoms with E-state index in [1.807, 2.05) is 6.92 Å². The number of nitrogens with zero attached hydrogens (tertiary/aromatic N) is 3. The van der Waals surface area contributed by atoms with Crippen LogP contribution >= 0.6 is 0 Å². The highest BCUT2D eigenvalue weighted by molar-refractivity contribution is 5.97. The molecule has 1 aliphatic heterocycles. The summed E-state index contributed by atoms with van der Waals surface area (Å²) >= 11 is 0. The number of H-pyrrole nitrogens is 1. The van der Waals surface area contributed by atoms with E-state index >= 15 is 0 Å². The van der Waals surface area contributed by atoms with Gasteiger partial charge in [0.25, 0.3) is 5.91 Å². The monoisotopic (exact) mass is 366 g/mol. The summed E-state index contributed by atoms with van der Waals surface area (Å²) in [6.45, 7) is 3.74. The molecule has 0 spiro atoms. The zero-order valence-electron chi connectivity index (χ0n) is 16.7. The normalized spacial score (nSPS) is 20.3. The predicted molar refractivity (Wildman–Crippen MR) is 107 cm³/mol. The van der Waals surface area contributed by atoms with Gasteiger partial charge in [-0.1, -0.05) is 24.3 Å². The molecule has 1 saturated carbocycles. The molecule has 0 unspecified atom stereocenters. The van der Waals surface area contributed by atoms with Crippen LogP contribution in [0.4, 0.5) is 0 Å². The van der Waals surface area contributed by atoms with Gasteiger partial charge < -0.3 is 9.80 Å². The quantitative estimate of drug-likeness (QED) is 0.869. The maximum absolute atomic E-state index is 13.5. The third kappa shape index (κ3) is 3.79. The summed E-state index contributed by atoms with van der Waals surface area (Å²) in [7, 11) is 4.17. The lowest BCUT2D eigenvalue weighted by molar-refractivity contribution is 0.0609. The maximum Gasteiger partial charge on any atom is 0.258 e. The van der Waals surface area contributed by atoms with E-state index in [9.17, 15) is 4.79 Å². The fraction of sp³-hybridized carbons (Fsp3) is 0.545. The summed E-state index contributed by atoms with van der Waals surface area (Å²) < 4.78 is 0. The van der Waals surface area contributed by atoms with E-state index in [1.54, 1.807) is 0 Å². The number of piperidine rings is 1. The van der Waals surface area contributed by atoms with Crippen LogP contribution in [0.1, 0.15) is 76.9 Å². The van der Waals surface area contributed by atoms with Crippen LogP contribution in [0.15, 0.2) is 24.3 Å². The summed E-state index contributed by atoms with van der Waals surface area (Å²) in [5.74, 6) is 0.632. The number of amides is 1. The van der Waals surface area contributed by atoms with E-state index in [0.717, 1.165) is 55.7 Å². The van der Waals surface area contributed by atoms with Crippen LogP contribution in [0.5, 0.6) is 0 Å². The Bertz CT molecular complexity index is 804. The lowest BCUT2D eigenvalue weighted by Gasteiger charge is -2.36. The van der Waals surface area contributed by atoms with Crippen LogP contribution in [-0.2, 0) is 6.54 Å². The molecule has 5 nitrogen and oxygen atoms in total. The number of carbonyl (C=O) groups excluding carboxylic acids is 1. The number of nitrogens with one attached hydrogen (secondary N) is 1. The van der Waals surface area contributed by atoms with Crippen molar-refractivity contribution < 1.29 is 4.79 Å². The first-order valence-electron chi connectivity index (χ1n) is 10.1. The van der Waals surface area contributed by atoms with Crippen molar-refractivity contribution in [3.63, 3.8) is 0 Å². The molecule has 5 heteroatoms. The lowest BCUT2D eigenvalue weighted by Crippen LogP contribution is -2.39. The average molecular weight is 367 g/mol. The first-order valence-corrected chi connectivity index (χ1v) is 10.1. The van der Waals surface area contributed by atoms with Crippen molar-refractivity contribution in [3.05, 3.63) is 52.3 Å². The van der Waals surface area contributed by atoms with Crippen LogP contribution in [0.2, 0.25) is 0 Å². The minimum atomic E-state index is 0.158. The Morgan fingerprint density at radius 1 is 1.19 bits per heavy atom. The smallest absolute Gasteiger partial charge is 0.258 e. The van der Waals surface area contributed by atoms with Gasteiger partial charge in [-0.25, -0.2) is 0 Å². The number of benzene rings is 1. The molecular formula is C22H30N4O. The average Bonchev–Trinajstić information content (AvgIpc) is 3.43. The zero-order chi connectivity index (χ0) is 19.0. The Hall–Kier alpha value is -2.14. The van der Waals surface area contributed by atoms with Crippen LogP contribution < -0.4 is 0 Å². The predicted octanol–water partition coefficient (Wildman–Crippen LogP) is 4.02. The molecular weight excluding hydrogens is 336 g/mol. The molecule has 0 bridgehead atoms. The van der Waals surface area contributed by atoms with Gasteiger partial charge in [0, 0.05) is 24.7 Å². The molecule has 2 aliphatic rings. The molecule has 1 aromatic heterocycles. The van der Waals surface area contributed by atoms with Crippen molar-refractivity contribution in [2.75, 3.05) is 20.6 Å². The second-order valence-electron chi connectivity index (χ2n) is 8.37. The highest BCUT2D eigenvalue weighted by Crippen LogP contribution is 2.42. The van der Waals surface area contributed by atoms with E-state index in [0.29, 0.717) is 5.92 Å². The molecule has 1 amide bonds. The van der Waals surface area contributed by atoms with E-state index in [2.05, 4.69) is 58.4 Å². The standard InChI is InChI=1S/C22H30N4O/c1-15-20(21(24-23-15)18-11-12-18)22(27)26-13-5-4-6-19(26)17-9-7-16(8-10-17)14-25(2)3/h7-10,18-19H,4-6,11-14H2,1-3H3,(H,23,24)/t19-/m1/s1. The molecule has 1 aliphatic carbocycles. The Morgan fingerprint density at radius 3 is 2.59 bits per heavy atom. The van der Waals surface area contributed by atoms with Gasteiger partial charge >= 0.3 is 0 Å². The van der Waals surface area contributed by atoms with E-state index in [-0.39, 0.29) is 11.9 Å². The lowest BCUT2D eigenvalue weighted by atomic mass is 9.93. The van der Waals surface area contributed by atoms with Crippen LogP contribution in [-0.4, -0.2) is 46.5 Å². The number of hydrogen-bond acceptors (Lipinski definition) is 3.